The maximum Gasteiger partial charge on any atom is 0.236 e. The SMILES string of the molecule is Cc1ccccc1-c1cnc(NC#N)nc1. The third kappa shape index (κ3) is 1.98. The smallest absolute Gasteiger partial charge is 0.236 e. The molecular weight excluding hydrogens is 200 g/mol. The molecule has 2 aromatic rings. The zero-order valence-corrected chi connectivity index (χ0v) is 8.81. The molecule has 4 heteroatoms. The van der Waals surface area contributed by atoms with Gasteiger partial charge in [0, 0.05) is 18.0 Å². The van der Waals surface area contributed by atoms with Gasteiger partial charge in [0.15, 0.2) is 6.19 Å². The van der Waals surface area contributed by atoms with Crippen LogP contribution in [0.5, 0.6) is 0 Å². The van der Waals surface area contributed by atoms with Crippen molar-refractivity contribution < 1.29 is 0 Å². The fourth-order valence-electron chi connectivity index (χ4n) is 1.48. The Labute approximate surface area is 93.6 Å². The van der Waals surface area contributed by atoms with Gasteiger partial charge < -0.3 is 0 Å². The predicted octanol–water partition coefficient (Wildman–Crippen LogP) is 2.34. The molecular formula is C12H10N4. The summed E-state index contributed by atoms with van der Waals surface area (Å²) in [4.78, 5) is 8.08. The molecule has 16 heavy (non-hydrogen) atoms. The lowest BCUT2D eigenvalue weighted by molar-refractivity contribution is 1.17. The van der Waals surface area contributed by atoms with Crippen LogP contribution in [0.25, 0.3) is 11.1 Å². The first-order valence-electron chi connectivity index (χ1n) is 4.84. The second-order valence-corrected chi connectivity index (χ2v) is 3.35. The second-order valence-electron chi connectivity index (χ2n) is 3.35. The highest BCUT2D eigenvalue weighted by atomic mass is 15.1. The number of anilines is 1. The van der Waals surface area contributed by atoms with Gasteiger partial charge in [-0.05, 0) is 18.1 Å². The maximum absolute atomic E-state index is 8.41. The summed E-state index contributed by atoms with van der Waals surface area (Å²) in [5, 5.41) is 10.8. The van der Waals surface area contributed by atoms with E-state index in [1.807, 2.05) is 31.2 Å². The molecule has 1 aromatic heterocycles. The Morgan fingerprint density at radius 1 is 1.19 bits per heavy atom. The minimum absolute atomic E-state index is 0.319. The summed E-state index contributed by atoms with van der Waals surface area (Å²) in [6.07, 6.45) is 5.19. The van der Waals surface area contributed by atoms with Crippen LogP contribution in [-0.4, -0.2) is 9.97 Å². The van der Waals surface area contributed by atoms with Gasteiger partial charge in [0.25, 0.3) is 0 Å². The summed E-state index contributed by atoms with van der Waals surface area (Å²) < 4.78 is 0. The largest absolute Gasteiger partial charge is 0.261 e. The summed E-state index contributed by atoms with van der Waals surface area (Å²) >= 11 is 0. The van der Waals surface area contributed by atoms with Gasteiger partial charge in [0.05, 0.1) is 0 Å². The zero-order chi connectivity index (χ0) is 11.4. The molecule has 0 fully saturated rings. The van der Waals surface area contributed by atoms with E-state index in [0.717, 1.165) is 11.1 Å². The van der Waals surface area contributed by atoms with Crippen LogP contribution in [0.2, 0.25) is 0 Å². The molecule has 0 unspecified atom stereocenters. The average molecular weight is 210 g/mol. The van der Waals surface area contributed by atoms with Gasteiger partial charge in [-0.25, -0.2) is 9.97 Å². The Balaban J connectivity index is 2.36. The Morgan fingerprint density at radius 3 is 2.50 bits per heavy atom. The van der Waals surface area contributed by atoms with Crippen molar-refractivity contribution >= 4 is 5.95 Å². The van der Waals surface area contributed by atoms with Gasteiger partial charge in [0.1, 0.15) is 0 Å². The van der Waals surface area contributed by atoms with Crippen molar-refractivity contribution in [2.75, 3.05) is 5.32 Å². The van der Waals surface area contributed by atoms with E-state index in [-0.39, 0.29) is 0 Å². The van der Waals surface area contributed by atoms with Crippen LogP contribution < -0.4 is 5.32 Å². The summed E-state index contributed by atoms with van der Waals surface area (Å²) in [6.45, 7) is 2.04. The molecule has 0 aliphatic carbocycles. The van der Waals surface area contributed by atoms with Gasteiger partial charge in [-0.15, -0.1) is 0 Å². The number of nitrogens with one attached hydrogen (secondary N) is 1. The minimum Gasteiger partial charge on any atom is -0.261 e. The highest BCUT2D eigenvalue weighted by Crippen LogP contribution is 2.21. The first-order valence-corrected chi connectivity index (χ1v) is 4.84. The second kappa shape index (κ2) is 4.41. The third-order valence-corrected chi connectivity index (χ3v) is 2.28. The van der Waals surface area contributed by atoms with Crippen molar-refractivity contribution in [1.82, 2.24) is 9.97 Å². The lowest BCUT2D eigenvalue weighted by Crippen LogP contribution is -1.95. The van der Waals surface area contributed by atoms with E-state index < -0.39 is 0 Å². The summed E-state index contributed by atoms with van der Waals surface area (Å²) in [5.74, 6) is 0.319. The number of aromatic nitrogens is 2. The molecule has 0 aliphatic rings. The Bertz CT molecular complexity index is 525. The van der Waals surface area contributed by atoms with Gasteiger partial charge in [-0.2, -0.15) is 5.26 Å². The van der Waals surface area contributed by atoms with E-state index in [1.54, 1.807) is 18.6 Å². The van der Waals surface area contributed by atoms with Crippen LogP contribution in [0.3, 0.4) is 0 Å². The van der Waals surface area contributed by atoms with Crippen molar-refractivity contribution in [1.29, 1.82) is 5.26 Å². The molecule has 78 valence electrons. The van der Waals surface area contributed by atoms with Gasteiger partial charge in [-0.1, -0.05) is 24.3 Å². The Kier molecular flexibility index (Phi) is 2.79. The van der Waals surface area contributed by atoms with Crippen molar-refractivity contribution in [3.8, 4) is 17.3 Å². The number of nitrogens with zero attached hydrogens (tertiary/aromatic N) is 3. The van der Waals surface area contributed by atoms with Crippen molar-refractivity contribution in [3.05, 3.63) is 42.2 Å². The molecule has 2 rings (SSSR count). The molecule has 0 aliphatic heterocycles. The van der Waals surface area contributed by atoms with Crippen LogP contribution in [0.4, 0.5) is 5.95 Å². The van der Waals surface area contributed by atoms with Crippen LogP contribution in [-0.2, 0) is 0 Å². The van der Waals surface area contributed by atoms with Gasteiger partial charge >= 0.3 is 0 Å². The molecule has 1 N–H and O–H groups in total. The molecule has 1 aromatic carbocycles. The first kappa shape index (κ1) is 10.1. The van der Waals surface area contributed by atoms with Crippen LogP contribution in [0, 0.1) is 18.4 Å². The van der Waals surface area contributed by atoms with Gasteiger partial charge in [-0.3, -0.25) is 5.32 Å². The van der Waals surface area contributed by atoms with Crippen molar-refractivity contribution in [2.45, 2.75) is 6.92 Å². The van der Waals surface area contributed by atoms with E-state index in [9.17, 15) is 0 Å². The molecule has 0 amide bonds. The van der Waals surface area contributed by atoms with Gasteiger partial charge in [0.2, 0.25) is 5.95 Å². The lowest BCUT2D eigenvalue weighted by Gasteiger charge is -2.04. The first-order chi connectivity index (χ1) is 7.81. The molecule has 0 atom stereocenters. The predicted molar refractivity (Wildman–Crippen MR) is 61.4 cm³/mol. The molecule has 0 radical (unpaired) electrons. The number of benzene rings is 1. The lowest BCUT2D eigenvalue weighted by atomic mass is 10.0. The van der Waals surface area contributed by atoms with E-state index >= 15 is 0 Å². The summed E-state index contributed by atoms with van der Waals surface area (Å²) in [6, 6.07) is 8.03. The van der Waals surface area contributed by atoms with Crippen molar-refractivity contribution in [2.24, 2.45) is 0 Å². The molecule has 1 heterocycles. The molecule has 0 saturated carbocycles. The number of nitriles is 1. The van der Waals surface area contributed by atoms with E-state index in [2.05, 4.69) is 15.3 Å². The summed E-state index contributed by atoms with van der Waals surface area (Å²) in [7, 11) is 0. The number of hydrogen-bond acceptors (Lipinski definition) is 4. The quantitative estimate of drug-likeness (QED) is 0.610. The fraction of sp³-hybridized carbons (Fsp3) is 0.0833. The topological polar surface area (TPSA) is 61.6 Å². The van der Waals surface area contributed by atoms with Crippen LogP contribution in [0.1, 0.15) is 5.56 Å². The number of hydrogen-bond donors (Lipinski definition) is 1. The van der Waals surface area contributed by atoms with Crippen molar-refractivity contribution in [3.63, 3.8) is 0 Å². The Morgan fingerprint density at radius 2 is 1.88 bits per heavy atom. The normalized spacial score (nSPS) is 9.50. The average Bonchev–Trinajstić information content (AvgIpc) is 2.31. The molecule has 0 spiro atoms. The van der Waals surface area contributed by atoms with E-state index in [4.69, 9.17) is 5.26 Å². The molecule has 4 nitrogen and oxygen atoms in total. The number of aryl methyl sites for hydroxylation is 1. The molecule has 0 bridgehead atoms. The third-order valence-electron chi connectivity index (χ3n) is 2.28. The van der Waals surface area contributed by atoms with E-state index in [1.165, 1.54) is 5.56 Å². The maximum atomic E-state index is 8.41. The zero-order valence-electron chi connectivity index (χ0n) is 8.81. The highest BCUT2D eigenvalue weighted by Gasteiger charge is 2.02. The number of rotatable bonds is 2. The fourth-order valence-corrected chi connectivity index (χ4v) is 1.48. The monoisotopic (exact) mass is 210 g/mol. The Hall–Kier alpha value is -2.41. The van der Waals surface area contributed by atoms with Crippen LogP contribution >= 0.6 is 0 Å². The summed E-state index contributed by atoms with van der Waals surface area (Å²) in [5.41, 5.74) is 3.22. The minimum atomic E-state index is 0.319. The highest BCUT2D eigenvalue weighted by molar-refractivity contribution is 5.65. The molecule has 0 saturated heterocycles. The standard InChI is InChI=1S/C12H10N4/c1-9-4-2-3-5-11(9)10-6-14-12(15-7-10)16-8-13/h2-7H,1H3,(H,14,15,16). The van der Waals surface area contributed by atoms with E-state index in [0.29, 0.717) is 5.95 Å². The van der Waals surface area contributed by atoms with Crippen LogP contribution in [0.15, 0.2) is 36.7 Å².